The average Bonchev–Trinajstić information content (AvgIpc) is 2.87. The number of carboxylic acid groups (broad SMARTS) is 1. The van der Waals surface area contributed by atoms with Crippen molar-refractivity contribution in [3.05, 3.63) is 59.2 Å². The molecule has 1 saturated carbocycles. The molecule has 40 heavy (non-hydrogen) atoms. The van der Waals surface area contributed by atoms with E-state index in [4.69, 9.17) is 4.74 Å². The van der Waals surface area contributed by atoms with Crippen molar-refractivity contribution in [2.75, 3.05) is 25.0 Å². The summed E-state index contributed by atoms with van der Waals surface area (Å²) in [5.41, 5.74) is 0.760. The van der Waals surface area contributed by atoms with Crippen molar-refractivity contribution in [3.8, 4) is 5.75 Å². The number of halogens is 2. The lowest BCUT2D eigenvalue weighted by atomic mass is 9.73. The molecule has 10 heteroatoms. The number of anilines is 1. The summed E-state index contributed by atoms with van der Waals surface area (Å²) in [6.45, 7) is 8.07. The Hall–Kier alpha value is -3.69. The second kappa shape index (κ2) is 13.1. The molecule has 2 aromatic carbocycles. The maximum absolute atomic E-state index is 13.7. The fourth-order valence-electron chi connectivity index (χ4n) is 5.15. The highest BCUT2D eigenvalue weighted by atomic mass is 19.3. The van der Waals surface area contributed by atoms with Gasteiger partial charge in [0.1, 0.15) is 5.75 Å². The van der Waals surface area contributed by atoms with Crippen LogP contribution in [0.5, 0.6) is 5.75 Å². The molecule has 0 bridgehead atoms. The van der Waals surface area contributed by atoms with Gasteiger partial charge in [0.25, 0.3) is 5.92 Å². The number of aliphatic carboxylic acids is 1. The topological polar surface area (TPSA) is 108 Å². The Morgan fingerprint density at radius 3 is 2.33 bits per heavy atom. The number of hydrogen-bond donors (Lipinski definition) is 3. The van der Waals surface area contributed by atoms with Crippen LogP contribution < -0.4 is 15.4 Å². The number of benzene rings is 2. The van der Waals surface area contributed by atoms with Crippen molar-refractivity contribution in [3.63, 3.8) is 0 Å². The van der Waals surface area contributed by atoms with Gasteiger partial charge in [0.15, 0.2) is 11.3 Å². The van der Waals surface area contributed by atoms with Crippen LogP contribution in [0.4, 0.5) is 19.3 Å². The van der Waals surface area contributed by atoms with E-state index in [2.05, 4.69) is 10.6 Å². The van der Waals surface area contributed by atoms with Gasteiger partial charge in [-0.2, -0.15) is 0 Å². The number of nitrogens with one attached hydrogen (secondary N) is 2. The SMILES string of the molecule is CCNc1cc([C@@H](C)N(CCCCc2ccccc2)C(=O)NC2(C(=O)O)CC(F)(F)C2)cc(OCC)c1C(C)=O. The molecule has 0 heterocycles. The van der Waals surface area contributed by atoms with E-state index in [-0.39, 0.29) is 12.3 Å². The summed E-state index contributed by atoms with van der Waals surface area (Å²) in [6, 6.07) is 12.1. The molecule has 1 fully saturated rings. The minimum atomic E-state index is -3.15. The number of amides is 2. The zero-order chi connectivity index (χ0) is 29.5. The molecule has 1 aliphatic carbocycles. The number of nitrogens with zero attached hydrogens (tertiary/aromatic N) is 1. The van der Waals surface area contributed by atoms with Crippen molar-refractivity contribution in [2.45, 2.75) is 77.3 Å². The molecule has 0 spiro atoms. The van der Waals surface area contributed by atoms with Crippen LogP contribution in [0, 0.1) is 0 Å². The van der Waals surface area contributed by atoms with Crippen molar-refractivity contribution in [2.24, 2.45) is 0 Å². The van der Waals surface area contributed by atoms with Gasteiger partial charge in [-0.25, -0.2) is 18.4 Å². The standard InChI is InChI=1S/C30H39F2N3O5/c1-5-33-24-16-23(17-25(40-6-2)26(24)21(4)36)20(3)35(15-11-10-14-22-12-8-7-9-13-22)28(39)34-29(27(37)38)18-30(31,32)19-29/h7-9,12-13,16-17,20,33H,5-6,10-11,14-15,18-19H2,1-4H3,(H,34,39)(H,37,38)/t20-/m1/s1. The molecular formula is C30H39F2N3O5. The van der Waals surface area contributed by atoms with E-state index >= 15 is 0 Å². The molecule has 2 aromatic rings. The molecule has 1 atom stereocenters. The molecule has 1 aliphatic rings. The van der Waals surface area contributed by atoms with Crippen LogP contribution in [0.15, 0.2) is 42.5 Å². The van der Waals surface area contributed by atoms with Crippen LogP contribution in [0.25, 0.3) is 0 Å². The molecule has 2 amide bonds. The van der Waals surface area contributed by atoms with Gasteiger partial charge in [0.05, 0.1) is 18.2 Å². The van der Waals surface area contributed by atoms with Gasteiger partial charge in [0, 0.05) is 31.6 Å². The number of ether oxygens (including phenoxy) is 1. The highest BCUT2D eigenvalue weighted by Crippen LogP contribution is 2.46. The van der Waals surface area contributed by atoms with Gasteiger partial charge in [-0.15, -0.1) is 0 Å². The van der Waals surface area contributed by atoms with Gasteiger partial charge < -0.3 is 25.4 Å². The van der Waals surface area contributed by atoms with Crippen LogP contribution in [-0.2, 0) is 11.2 Å². The number of ketones is 1. The van der Waals surface area contributed by atoms with E-state index in [9.17, 15) is 28.3 Å². The maximum atomic E-state index is 13.7. The summed E-state index contributed by atoms with van der Waals surface area (Å²) in [5, 5.41) is 15.3. The zero-order valence-electron chi connectivity index (χ0n) is 23.6. The van der Waals surface area contributed by atoms with E-state index in [0.717, 1.165) is 18.4 Å². The summed E-state index contributed by atoms with van der Waals surface area (Å²) < 4.78 is 33.3. The maximum Gasteiger partial charge on any atom is 0.329 e. The van der Waals surface area contributed by atoms with Crippen LogP contribution in [-0.4, -0.2) is 58.9 Å². The minimum absolute atomic E-state index is 0.177. The first-order valence-corrected chi connectivity index (χ1v) is 13.7. The van der Waals surface area contributed by atoms with E-state index in [1.807, 2.05) is 37.3 Å². The van der Waals surface area contributed by atoms with Gasteiger partial charge in [-0.3, -0.25) is 4.79 Å². The average molecular weight is 560 g/mol. The summed E-state index contributed by atoms with van der Waals surface area (Å²) >= 11 is 0. The normalized spacial score (nSPS) is 15.8. The minimum Gasteiger partial charge on any atom is -0.493 e. The van der Waals surface area contributed by atoms with Gasteiger partial charge in [-0.1, -0.05) is 30.3 Å². The number of carbonyl (C=O) groups is 3. The predicted molar refractivity (Wildman–Crippen MR) is 149 cm³/mol. The van der Waals surface area contributed by atoms with E-state index < -0.39 is 42.3 Å². The van der Waals surface area contributed by atoms with Gasteiger partial charge in [-0.05, 0) is 70.2 Å². The lowest BCUT2D eigenvalue weighted by Gasteiger charge is -2.45. The van der Waals surface area contributed by atoms with Crippen molar-refractivity contribution < 1.29 is 33.0 Å². The lowest BCUT2D eigenvalue weighted by molar-refractivity contribution is -0.175. The first-order valence-electron chi connectivity index (χ1n) is 13.7. The van der Waals surface area contributed by atoms with Crippen LogP contribution in [0.2, 0.25) is 0 Å². The number of urea groups is 1. The van der Waals surface area contributed by atoms with E-state index in [1.54, 1.807) is 26.0 Å². The predicted octanol–water partition coefficient (Wildman–Crippen LogP) is 6.07. The number of Topliss-reactive ketones (excluding diaryl/α,β-unsaturated/α-hetero) is 1. The Morgan fingerprint density at radius 1 is 1.10 bits per heavy atom. The quantitative estimate of drug-likeness (QED) is 0.192. The van der Waals surface area contributed by atoms with Gasteiger partial charge in [0.2, 0.25) is 0 Å². The third-order valence-corrected chi connectivity index (χ3v) is 7.19. The fraction of sp³-hybridized carbons (Fsp3) is 0.500. The monoisotopic (exact) mass is 559 g/mol. The van der Waals surface area contributed by atoms with Crippen molar-refractivity contribution in [1.29, 1.82) is 0 Å². The molecule has 3 N–H and O–H groups in total. The first-order chi connectivity index (χ1) is 18.9. The summed E-state index contributed by atoms with van der Waals surface area (Å²) in [6.07, 6.45) is 0.251. The molecule has 8 nitrogen and oxygen atoms in total. The molecule has 0 unspecified atom stereocenters. The number of carbonyl (C=O) groups excluding carboxylic acids is 2. The Kier molecular flexibility index (Phi) is 10.1. The highest BCUT2D eigenvalue weighted by Gasteiger charge is 2.62. The Balaban J connectivity index is 1.91. The summed E-state index contributed by atoms with van der Waals surface area (Å²) in [5.74, 6) is -4.43. The number of rotatable bonds is 14. The summed E-state index contributed by atoms with van der Waals surface area (Å²) in [4.78, 5) is 39.4. The number of carboxylic acids is 1. The molecule has 0 aromatic heterocycles. The lowest BCUT2D eigenvalue weighted by Crippen LogP contribution is -2.68. The second-order valence-corrected chi connectivity index (χ2v) is 10.3. The number of hydrogen-bond acceptors (Lipinski definition) is 5. The highest BCUT2D eigenvalue weighted by molar-refractivity contribution is 6.02. The van der Waals surface area contributed by atoms with E-state index in [0.29, 0.717) is 42.1 Å². The molecule has 218 valence electrons. The van der Waals surface area contributed by atoms with Crippen LogP contribution in [0.1, 0.15) is 80.9 Å². The number of aryl methyl sites for hydroxylation is 1. The smallest absolute Gasteiger partial charge is 0.329 e. The first kappa shape index (κ1) is 30.8. The third-order valence-electron chi connectivity index (χ3n) is 7.19. The van der Waals surface area contributed by atoms with Crippen LogP contribution >= 0.6 is 0 Å². The van der Waals surface area contributed by atoms with Crippen LogP contribution in [0.3, 0.4) is 0 Å². The fourth-order valence-corrected chi connectivity index (χ4v) is 5.15. The number of unbranched alkanes of at least 4 members (excludes halogenated alkanes) is 1. The van der Waals surface area contributed by atoms with Crippen molar-refractivity contribution in [1.82, 2.24) is 10.2 Å². The largest absolute Gasteiger partial charge is 0.493 e. The Bertz CT molecular complexity index is 1170. The Labute approximate surface area is 234 Å². The second-order valence-electron chi connectivity index (χ2n) is 10.3. The molecule has 0 saturated heterocycles. The molecular weight excluding hydrogens is 520 g/mol. The molecule has 0 aliphatic heterocycles. The molecule has 3 rings (SSSR count). The number of alkyl halides is 2. The third kappa shape index (κ3) is 7.28. The molecule has 0 radical (unpaired) electrons. The Morgan fingerprint density at radius 2 is 1.77 bits per heavy atom. The van der Waals surface area contributed by atoms with Crippen molar-refractivity contribution >= 4 is 23.5 Å². The summed E-state index contributed by atoms with van der Waals surface area (Å²) in [7, 11) is 0. The van der Waals surface area contributed by atoms with Gasteiger partial charge >= 0.3 is 12.0 Å². The van der Waals surface area contributed by atoms with E-state index in [1.165, 1.54) is 11.8 Å². The zero-order valence-corrected chi connectivity index (χ0v) is 23.6.